The number of ketones is 1. The number of rotatable bonds is 9. The fourth-order valence-electron chi connectivity index (χ4n) is 2.29. The average molecular weight is 226 g/mol. The van der Waals surface area contributed by atoms with Crippen LogP contribution in [-0.2, 0) is 4.79 Å². The highest BCUT2D eigenvalue weighted by Gasteiger charge is 2.07. The highest BCUT2D eigenvalue weighted by atomic mass is 16.1. The minimum absolute atomic E-state index is 0.450. The molecule has 0 bridgehead atoms. The van der Waals surface area contributed by atoms with Crippen molar-refractivity contribution in [2.45, 2.75) is 73.1 Å². The van der Waals surface area contributed by atoms with Crippen molar-refractivity contribution in [2.24, 2.45) is 17.8 Å². The number of carbonyl (C=O) groups excluding carboxylic acids is 1. The Morgan fingerprint density at radius 2 is 1.56 bits per heavy atom. The second kappa shape index (κ2) is 8.78. The molecule has 0 aliphatic carbocycles. The van der Waals surface area contributed by atoms with Gasteiger partial charge in [-0.1, -0.05) is 47.5 Å². The molecule has 1 unspecified atom stereocenters. The van der Waals surface area contributed by atoms with E-state index in [9.17, 15) is 4.79 Å². The van der Waals surface area contributed by atoms with Gasteiger partial charge in [-0.3, -0.25) is 4.79 Å². The Balaban J connectivity index is 3.42. The lowest BCUT2D eigenvalue weighted by Crippen LogP contribution is -2.04. The van der Waals surface area contributed by atoms with Crippen LogP contribution >= 0.6 is 0 Å². The van der Waals surface area contributed by atoms with Crippen molar-refractivity contribution in [1.29, 1.82) is 0 Å². The maximum atomic E-state index is 11.5. The summed E-state index contributed by atoms with van der Waals surface area (Å²) in [6.07, 6.45) is 6.48. The van der Waals surface area contributed by atoms with Gasteiger partial charge in [-0.15, -0.1) is 0 Å². The normalized spacial score (nSPS) is 13.4. The summed E-state index contributed by atoms with van der Waals surface area (Å²) >= 11 is 0. The lowest BCUT2D eigenvalue weighted by Gasteiger charge is -2.13. The Morgan fingerprint density at radius 1 is 0.938 bits per heavy atom. The number of carbonyl (C=O) groups is 1. The Bertz CT molecular complexity index is 182. The molecule has 1 heteroatoms. The molecule has 0 heterocycles. The van der Waals surface area contributed by atoms with Crippen molar-refractivity contribution in [2.75, 3.05) is 0 Å². The van der Waals surface area contributed by atoms with Crippen molar-refractivity contribution < 1.29 is 4.79 Å². The Kier molecular flexibility index (Phi) is 8.60. The number of unbranched alkanes of at least 4 members (excludes halogenated alkanes) is 1. The first-order valence-electron chi connectivity index (χ1n) is 6.93. The maximum Gasteiger partial charge on any atom is 0.133 e. The molecule has 0 saturated carbocycles. The predicted octanol–water partition coefficient (Wildman–Crippen LogP) is 4.84. The molecule has 0 fully saturated rings. The first kappa shape index (κ1) is 15.7. The van der Waals surface area contributed by atoms with Crippen LogP contribution < -0.4 is 0 Å². The van der Waals surface area contributed by atoms with Crippen LogP contribution in [0.3, 0.4) is 0 Å². The van der Waals surface area contributed by atoms with Gasteiger partial charge in [-0.05, 0) is 30.6 Å². The van der Waals surface area contributed by atoms with E-state index in [1.165, 1.54) is 19.3 Å². The summed E-state index contributed by atoms with van der Waals surface area (Å²) in [5.74, 6) is 2.59. The molecule has 0 aromatic rings. The van der Waals surface area contributed by atoms with E-state index in [0.717, 1.165) is 31.1 Å². The van der Waals surface area contributed by atoms with Crippen LogP contribution in [0, 0.1) is 17.8 Å². The maximum absolute atomic E-state index is 11.5. The number of Topliss-reactive ketones (excluding diaryl/α,β-unsaturated/α-hetero) is 1. The molecule has 0 radical (unpaired) electrons. The third-order valence-electron chi connectivity index (χ3n) is 2.91. The topological polar surface area (TPSA) is 17.1 Å². The highest BCUT2D eigenvalue weighted by molar-refractivity contribution is 5.78. The van der Waals surface area contributed by atoms with Gasteiger partial charge >= 0.3 is 0 Å². The molecule has 0 aliphatic heterocycles. The van der Waals surface area contributed by atoms with Crippen molar-refractivity contribution in [3.8, 4) is 0 Å². The van der Waals surface area contributed by atoms with Gasteiger partial charge < -0.3 is 0 Å². The van der Waals surface area contributed by atoms with Gasteiger partial charge in [0, 0.05) is 12.8 Å². The third-order valence-corrected chi connectivity index (χ3v) is 2.91. The second-order valence-corrected chi connectivity index (χ2v) is 6.12. The molecular formula is C15H30O. The Labute approximate surface area is 102 Å². The summed E-state index contributed by atoms with van der Waals surface area (Å²) < 4.78 is 0. The summed E-state index contributed by atoms with van der Waals surface area (Å²) in [6.45, 7) is 11.1. The highest BCUT2D eigenvalue weighted by Crippen LogP contribution is 2.18. The largest absolute Gasteiger partial charge is 0.300 e. The van der Waals surface area contributed by atoms with Crippen LogP contribution in [0.5, 0.6) is 0 Å². The summed E-state index contributed by atoms with van der Waals surface area (Å²) in [5.41, 5.74) is 0. The molecule has 1 nitrogen and oxygen atoms in total. The van der Waals surface area contributed by atoms with Crippen LogP contribution in [0.25, 0.3) is 0 Å². The predicted molar refractivity (Wildman–Crippen MR) is 71.5 cm³/mol. The zero-order valence-corrected chi connectivity index (χ0v) is 11.9. The zero-order valence-electron chi connectivity index (χ0n) is 11.9. The van der Waals surface area contributed by atoms with Gasteiger partial charge in [-0.25, -0.2) is 0 Å². The van der Waals surface area contributed by atoms with Crippen LogP contribution in [-0.4, -0.2) is 5.78 Å². The van der Waals surface area contributed by atoms with E-state index < -0.39 is 0 Å². The quantitative estimate of drug-likeness (QED) is 0.514. The van der Waals surface area contributed by atoms with E-state index in [1.807, 2.05) is 0 Å². The minimum Gasteiger partial charge on any atom is -0.300 e. The average Bonchev–Trinajstić information content (AvgIpc) is 2.10. The minimum atomic E-state index is 0.450. The van der Waals surface area contributed by atoms with E-state index in [2.05, 4.69) is 34.6 Å². The van der Waals surface area contributed by atoms with Gasteiger partial charge in [0.15, 0.2) is 0 Å². The summed E-state index contributed by atoms with van der Waals surface area (Å²) in [7, 11) is 0. The van der Waals surface area contributed by atoms with Gasteiger partial charge in [-0.2, -0.15) is 0 Å². The van der Waals surface area contributed by atoms with E-state index in [0.29, 0.717) is 11.7 Å². The number of hydrogen-bond donors (Lipinski definition) is 0. The van der Waals surface area contributed by atoms with Crippen LogP contribution in [0.2, 0.25) is 0 Å². The Hall–Kier alpha value is -0.330. The van der Waals surface area contributed by atoms with Gasteiger partial charge in [0.25, 0.3) is 0 Å². The molecule has 1 atom stereocenters. The fraction of sp³-hybridized carbons (Fsp3) is 0.933. The smallest absolute Gasteiger partial charge is 0.133 e. The lowest BCUT2D eigenvalue weighted by atomic mass is 9.93. The summed E-state index contributed by atoms with van der Waals surface area (Å²) in [4.78, 5) is 11.5. The first-order valence-corrected chi connectivity index (χ1v) is 6.93. The Morgan fingerprint density at radius 3 is 2.06 bits per heavy atom. The van der Waals surface area contributed by atoms with Crippen LogP contribution in [0.1, 0.15) is 73.1 Å². The van der Waals surface area contributed by atoms with Crippen LogP contribution in [0.15, 0.2) is 0 Å². The van der Waals surface area contributed by atoms with Crippen LogP contribution in [0.4, 0.5) is 0 Å². The number of hydrogen-bond acceptors (Lipinski definition) is 1. The molecule has 0 rings (SSSR count). The molecule has 0 aromatic heterocycles. The molecule has 0 saturated heterocycles. The molecule has 0 aliphatic rings. The van der Waals surface area contributed by atoms with Crippen molar-refractivity contribution in [1.82, 2.24) is 0 Å². The molecule has 96 valence electrons. The van der Waals surface area contributed by atoms with E-state index in [1.54, 1.807) is 0 Å². The fourth-order valence-corrected chi connectivity index (χ4v) is 2.29. The third kappa shape index (κ3) is 10.2. The molecule has 0 spiro atoms. The molecule has 0 aromatic carbocycles. The van der Waals surface area contributed by atoms with Crippen molar-refractivity contribution >= 4 is 5.78 Å². The summed E-state index contributed by atoms with van der Waals surface area (Å²) in [5, 5.41) is 0. The standard InChI is InChI=1S/C15H30O/c1-12(2)10-14(5)8-6-7-9-15(16)11-13(3)4/h12-14H,6-11H2,1-5H3. The molecule has 0 amide bonds. The van der Waals surface area contributed by atoms with E-state index >= 15 is 0 Å². The van der Waals surface area contributed by atoms with Gasteiger partial charge in [0.1, 0.15) is 5.78 Å². The molecular weight excluding hydrogens is 196 g/mol. The van der Waals surface area contributed by atoms with Gasteiger partial charge in [0.05, 0.1) is 0 Å². The summed E-state index contributed by atoms with van der Waals surface area (Å²) in [6, 6.07) is 0. The van der Waals surface area contributed by atoms with Gasteiger partial charge in [0.2, 0.25) is 0 Å². The second-order valence-electron chi connectivity index (χ2n) is 6.12. The monoisotopic (exact) mass is 226 g/mol. The molecule has 16 heavy (non-hydrogen) atoms. The first-order chi connectivity index (χ1) is 7.41. The van der Waals surface area contributed by atoms with Crippen molar-refractivity contribution in [3.63, 3.8) is 0 Å². The van der Waals surface area contributed by atoms with E-state index in [4.69, 9.17) is 0 Å². The van der Waals surface area contributed by atoms with Crippen molar-refractivity contribution in [3.05, 3.63) is 0 Å². The molecule has 0 N–H and O–H groups in total. The SMILES string of the molecule is CC(C)CC(=O)CCCCC(C)CC(C)C. The zero-order chi connectivity index (χ0) is 12.6. The lowest BCUT2D eigenvalue weighted by molar-refractivity contribution is -0.119. The van der Waals surface area contributed by atoms with E-state index in [-0.39, 0.29) is 0 Å².